The van der Waals surface area contributed by atoms with Crippen LogP contribution in [0.25, 0.3) is 11.1 Å². The number of rotatable bonds is 12. The average molecular weight is 604 g/mol. The molecule has 0 radical (unpaired) electrons. The van der Waals surface area contributed by atoms with Gasteiger partial charge in [0, 0.05) is 30.3 Å². The smallest absolute Gasteiger partial charge is 0.263 e. The molecule has 2 heterocycles. The van der Waals surface area contributed by atoms with Gasteiger partial charge in [0.05, 0.1) is 16.8 Å². The minimum atomic E-state index is -3.96. The van der Waals surface area contributed by atoms with Crippen molar-refractivity contribution >= 4 is 33.3 Å². The second kappa shape index (κ2) is 13.6. The highest BCUT2D eigenvalue weighted by molar-refractivity contribution is 7.92. The fourth-order valence-corrected chi connectivity index (χ4v) is 6.03. The van der Waals surface area contributed by atoms with E-state index in [0.717, 1.165) is 5.56 Å². The van der Waals surface area contributed by atoms with Gasteiger partial charge < -0.3 is 9.84 Å². The van der Waals surface area contributed by atoms with Gasteiger partial charge in [0.2, 0.25) is 11.8 Å². The van der Waals surface area contributed by atoms with E-state index in [4.69, 9.17) is 4.52 Å². The van der Waals surface area contributed by atoms with Gasteiger partial charge in [-0.1, -0.05) is 68.4 Å². The maximum Gasteiger partial charge on any atom is 0.263 e. The summed E-state index contributed by atoms with van der Waals surface area (Å²) in [6.45, 7) is 9.42. The van der Waals surface area contributed by atoms with Crippen molar-refractivity contribution in [3.05, 3.63) is 89.9 Å². The first kappa shape index (κ1) is 31.4. The summed E-state index contributed by atoms with van der Waals surface area (Å²) in [5.74, 6) is 0.127. The van der Waals surface area contributed by atoms with Crippen LogP contribution >= 0.6 is 0 Å². The topological polar surface area (TPSA) is 134 Å². The molecular formula is C32H37N5O5S. The third-order valence-corrected chi connectivity index (χ3v) is 8.53. The number of nitrogens with zero attached hydrogens (tertiary/aromatic N) is 3. The van der Waals surface area contributed by atoms with E-state index in [2.05, 4.69) is 20.2 Å². The summed E-state index contributed by atoms with van der Waals surface area (Å²) >= 11 is 0. The van der Waals surface area contributed by atoms with Crippen molar-refractivity contribution in [3.8, 4) is 11.1 Å². The summed E-state index contributed by atoms with van der Waals surface area (Å²) in [5.41, 5.74) is 3.23. The van der Waals surface area contributed by atoms with Gasteiger partial charge in [0.1, 0.15) is 11.8 Å². The van der Waals surface area contributed by atoms with Gasteiger partial charge in [-0.15, -0.1) is 0 Å². The van der Waals surface area contributed by atoms with Gasteiger partial charge in [-0.05, 0) is 55.5 Å². The molecule has 1 atom stereocenters. The van der Waals surface area contributed by atoms with Crippen LogP contribution in [0.5, 0.6) is 0 Å². The second-order valence-electron chi connectivity index (χ2n) is 10.6. The highest BCUT2D eigenvalue weighted by Crippen LogP contribution is 2.30. The molecule has 11 heteroatoms. The minimum Gasteiger partial charge on any atom is -0.359 e. The summed E-state index contributed by atoms with van der Waals surface area (Å²) in [6.07, 6.45) is 4.20. The lowest BCUT2D eigenvalue weighted by molar-refractivity contribution is -0.127. The quantitative estimate of drug-likeness (QED) is 0.214. The molecule has 0 spiro atoms. The van der Waals surface area contributed by atoms with Crippen molar-refractivity contribution in [1.29, 1.82) is 0 Å². The molecule has 0 saturated carbocycles. The first-order chi connectivity index (χ1) is 20.5. The molecule has 2 amide bonds. The van der Waals surface area contributed by atoms with Crippen LogP contribution in [0.3, 0.4) is 0 Å². The van der Waals surface area contributed by atoms with Gasteiger partial charge >= 0.3 is 0 Å². The van der Waals surface area contributed by atoms with Gasteiger partial charge in [0.25, 0.3) is 10.0 Å². The normalized spacial score (nSPS) is 12.1. The Bertz CT molecular complexity index is 1670. The highest BCUT2D eigenvalue weighted by atomic mass is 32.2. The number of nitrogens with one attached hydrogen (secondary N) is 2. The first-order valence-corrected chi connectivity index (χ1v) is 15.7. The van der Waals surface area contributed by atoms with Gasteiger partial charge in [0.15, 0.2) is 5.82 Å². The fraction of sp³-hybridized carbons (Fsp3) is 0.312. The van der Waals surface area contributed by atoms with Gasteiger partial charge in [-0.25, -0.2) is 8.42 Å². The lowest BCUT2D eigenvalue weighted by atomic mass is 9.99. The molecule has 4 rings (SSSR count). The number of hydrogen-bond donors (Lipinski definition) is 2. The van der Waals surface area contributed by atoms with Crippen molar-refractivity contribution in [2.45, 2.75) is 64.9 Å². The zero-order valence-electron chi connectivity index (χ0n) is 25.0. The monoisotopic (exact) mass is 603 g/mol. The molecule has 10 nitrogen and oxygen atoms in total. The Morgan fingerprint density at radius 2 is 1.72 bits per heavy atom. The Kier molecular flexibility index (Phi) is 9.97. The molecule has 0 aliphatic rings. The van der Waals surface area contributed by atoms with Crippen LogP contribution in [0, 0.1) is 19.8 Å². The number of aryl methyl sites for hydroxylation is 1. The number of pyridine rings is 1. The lowest BCUT2D eigenvalue weighted by Crippen LogP contribution is -2.52. The van der Waals surface area contributed by atoms with Crippen LogP contribution in [0.2, 0.25) is 0 Å². The number of carbonyl (C=O) groups is 2. The van der Waals surface area contributed by atoms with E-state index in [1.54, 1.807) is 61.5 Å². The van der Waals surface area contributed by atoms with Gasteiger partial charge in [-0.2, -0.15) is 0 Å². The molecule has 0 saturated heterocycles. The van der Waals surface area contributed by atoms with Crippen LogP contribution in [-0.4, -0.2) is 36.4 Å². The molecule has 226 valence electrons. The van der Waals surface area contributed by atoms with Crippen LogP contribution in [0.15, 0.2) is 82.5 Å². The summed E-state index contributed by atoms with van der Waals surface area (Å²) in [6, 6.07) is 16.8. The lowest BCUT2D eigenvalue weighted by Gasteiger charge is -2.33. The summed E-state index contributed by atoms with van der Waals surface area (Å²) < 4.78 is 34.2. The minimum absolute atomic E-state index is 0.100. The van der Waals surface area contributed by atoms with E-state index >= 15 is 0 Å². The SMILES string of the molecule is CCCC(=O)N(c1cccnc1)[C@H](C(=O)NCc1ccc(-c2ccccc2S(=O)(=O)Nc2noc(C)c2C)cc1)C(C)C. The molecule has 0 aliphatic heterocycles. The number of hydrogen-bond acceptors (Lipinski definition) is 7. The number of carbonyl (C=O) groups excluding carboxylic acids is 2. The molecular weight excluding hydrogens is 566 g/mol. The summed E-state index contributed by atoms with van der Waals surface area (Å²) in [5, 5.41) is 6.80. The Labute approximate surface area is 252 Å². The third-order valence-electron chi connectivity index (χ3n) is 7.13. The van der Waals surface area contributed by atoms with Crippen LogP contribution in [0.4, 0.5) is 11.5 Å². The highest BCUT2D eigenvalue weighted by Gasteiger charge is 2.33. The molecule has 0 fully saturated rings. The largest absolute Gasteiger partial charge is 0.359 e. The van der Waals surface area contributed by atoms with Crippen molar-refractivity contribution in [3.63, 3.8) is 0 Å². The zero-order valence-corrected chi connectivity index (χ0v) is 25.8. The molecule has 43 heavy (non-hydrogen) atoms. The number of anilines is 2. The maximum atomic E-state index is 13.5. The Hall–Kier alpha value is -4.51. The van der Waals surface area contributed by atoms with Crippen molar-refractivity contribution in [2.24, 2.45) is 5.92 Å². The van der Waals surface area contributed by atoms with Crippen LogP contribution in [-0.2, 0) is 26.2 Å². The van der Waals surface area contributed by atoms with Crippen molar-refractivity contribution in [2.75, 3.05) is 9.62 Å². The second-order valence-corrected chi connectivity index (χ2v) is 12.3. The first-order valence-electron chi connectivity index (χ1n) is 14.2. The van der Waals surface area contributed by atoms with Crippen LogP contribution in [0.1, 0.15) is 50.5 Å². The Morgan fingerprint density at radius 1 is 1.00 bits per heavy atom. The molecule has 2 N–H and O–H groups in total. The molecule has 4 aromatic rings. The van der Waals surface area contributed by atoms with Crippen molar-refractivity contribution in [1.82, 2.24) is 15.5 Å². The summed E-state index contributed by atoms with van der Waals surface area (Å²) in [4.78, 5) is 32.4. The van der Waals surface area contributed by atoms with E-state index in [1.807, 2.05) is 45.0 Å². The average Bonchev–Trinajstić information content (AvgIpc) is 3.30. The van der Waals surface area contributed by atoms with E-state index in [0.29, 0.717) is 41.0 Å². The Morgan fingerprint density at radius 3 is 2.33 bits per heavy atom. The van der Waals surface area contributed by atoms with Crippen molar-refractivity contribution < 1.29 is 22.5 Å². The summed E-state index contributed by atoms with van der Waals surface area (Å²) in [7, 11) is -3.96. The van der Waals surface area contributed by atoms with E-state index in [-0.39, 0.29) is 35.0 Å². The number of benzene rings is 2. The predicted octanol–water partition coefficient (Wildman–Crippen LogP) is 5.63. The molecule has 0 unspecified atom stereocenters. The molecule has 0 bridgehead atoms. The fourth-order valence-electron chi connectivity index (χ4n) is 4.74. The molecule has 2 aromatic carbocycles. The third kappa shape index (κ3) is 7.29. The van der Waals surface area contributed by atoms with E-state index in [9.17, 15) is 18.0 Å². The van der Waals surface area contributed by atoms with E-state index in [1.165, 1.54) is 6.07 Å². The maximum absolute atomic E-state index is 13.5. The predicted molar refractivity (Wildman–Crippen MR) is 166 cm³/mol. The van der Waals surface area contributed by atoms with Crippen LogP contribution < -0.4 is 14.9 Å². The number of aromatic nitrogens is 2. The standard InChI is InChI=1S/C32H37N5O5S/c1-6-10-29(38)37(26-11-9-18-33-20-26)30(21(2)3)32(39)34-19-24-14-16-25(17-15-24)27-12-7-8-13-28(27)43(40,41)36-31-22(4)23(5)42-35-31/h7-9,11-18,20-21,30H,6,10,19H2,1-5H3,(H,34,39)(H,35,36)/t30-/m0/s1. The Balaban J connectivity index is 1.52. The zero-order chi connectivity index (χ0) is 31.1. The molecule has 2 aromatic heterocycles. The number of sulfonamides is 1. The molecule has 0 aliphatic carbocycles. The number of amides is 2. The van der Waals surface area contributed by atoms with Gasteiger partial charge in [-0.3, -0.25) is 24.2 Å². The van der Waals surface area contributed by atoms with E-state index < -0.39 is 16.1 Å².